The Bertz CT molecular complexity index is 434. The molecular formula is C16H24N2O2. The van der Waals surface area contributed by atoms with Crippen molar-refractivity contribution in [1.82, 2.24) is 10.3 Å². The highest BCUT2D eigenvalue weighted by atomic mass is 16.5. The van der Waals surface area contributed by atoms with Crippen molar-refractivity contribution >= 4 is 0 Å². The lowest BCUT2D eigenvalue weighted by Gasteiger charge is -2.27. The standard InChI is InChI=1S/C16H24N2O2/c19-5-1-2-13-8-14(13)6-12-7-16(10-17-9-12)20-11-15-3-4-18-15/h7,9-10,13-15,18-19H,1-6,8,11H2/t13-,14+,15-/m0/s1. The Morgan fingerprint density at radius 1 is 1.35 bits per heavy atom. The highest BCUT2D eigenvalue weighted by Crippen LogP contribution is 2.44. The molecule has 1 aromatic heterocycles. The van der Waals surface area contributed by atoms with E-state index in [0.29, 0.717) is 12.6 Å². The molecule has 2 N–H and O–H groups in total. The highest BCUT2D eigenvalue weighted by Gasteiger charge is 2.35. The molecule has 1 aliphatic carbocycles. The summed E-state index contributed by atoms with van der Waals surface area (Å²) in [6.45, 7) is 2.18. The van der Waals surface area contributed by atoms with E-state index in [0.717, 1.165) is 50.0 Å². The van der Waals surface area contributed by atoms with E-state index in [1.165, 1.54) is 18.4 Å². The molecule has 0 spiro atoms. The van der Waals surface area contributed by atoms with Crippen LogP contribution in [0.5, 0.6) is 5.75 Å². The highest BCUT2D eigenvalue weighted by molar-refractivity contribution is 5.24. The summed E-state index contributed by atoms with van der Waals surface area (Å²) >= 11 is 0. The summed E-state index contributed by atoms with van der Waals surface area (Å²) in [5, 5.41) is 12.2. The van der Waals surface area contributed by atoms with Crippen LogP contribution in [-0.4, -0.2) is 35.9 Å². The summed E-state index contributed by atoms with van der Waals surface area (Å²) in [6, 6.07) is 2.65. The molecule has 3 atom stereocenters. The first kappa shape index (κ1) is 13.8. The first-order valence-electron chi connectivity index (χ1n) is 7.76. The third kappa shape index (κ3) is 3.70. The number of aromatic nitrogens is 1. The molecule has 3 rings (SSSR count). The van der Waals surface area contributed by atoms with Crippen LogP contribution in [0.2, 0.25) is 0 Å². The Balaban J connectivity index is 1.45. The van der Waals surface area contributed by atoms with Crippen LogP contribution in [-0.2, 0) is 6.42 Å². The van der Waals surface area contributed by atoms with Gasteiger partial charge in [0.25, 0.3) is 0 Å². The maximum Gasteiger partial charge on any atom is 0.137 e. The summed E-state index contributed by atoms with van der Waals surface area (Å²) in [5.74, 6) is 2.49. The quantitative estimate of drug-likeness (QED) is 0.760. The van der Waals surface area contributed by atoms with Crippen molar-refractivity contribution in [2.24, 2.45) is 11.8 Å². The molecule has 0 amide bonds. The Labute approximate surface area is 120 Å². The first-order chi connectivity index (χ1) is 9.85. The average Bonchev–Trinajstić information content (AvgIpc) is 3.13. The minimum atomic E-state index is 0.323. The van der Waals surface area contributed by atoms with Gasteiger partial charge >= 0.3 is 0 Å². The van der Waals surface area contributed by atoms with E-state index < -0.39 is 0 Å². The van der Waals surface area contributed by atoms with E-state index in [4.69, 9.17) is 9.84 Å². The monoisotopic (exact) mass is 276 g/mol. The lowest BCUT2D eigenvalue weighted by Crippen LogP contribution is -2.46. The summed E-state index contributed by atoms with van der Waals surface area (Å²) < 4.78 is 5.79. The van der Waals surface area contributed by atoms with E-state index >= 15 is 0 Å². The van der Waals surface area contributed by atoms with Gasteiger partial charge in [-0.1, -0.05) is 0 Å². The van der Waals surface area contributed by atoms with Crippen LogP contribution < -0.4 is 10.1 Å². The van der Waals surface area contributed by atoms with Gasteiger partial charge in [-0.15, -0.1) is 0 Å². The van der Waals surface area contributed by atoms with Crippen LogP contribution in [0.3, 0.4) is 0 Å². The van der Waals surface area contributed by atoms with Crippen molar-refractivity contribution in [1.29, 1.82) is 0 Å². The number of aliphatic hydroxyl groups is 1. The van der Waals surface area contributed by atoms with Gasteiger partial charge < -0.3 is 15.2 Å². The molecule has 2 fully saturated rings. The van der Waals surface area contributed by atoms with Crippen molar-refractivity contribution < 1.29 is 9.84 Å². The van der Waals surface area contributed by atoms with E-state index in [2.05, 4.69) is 16.4 Å². The van der Waals surface area contributed by atoms with E-state index in [1.54, 1.807) is 6.20 Å². The number of aliphatic hydroxyl groups excluding tert-OH is 1. The van der Waals surface area contributed by atoms with Crippen molar-refractivity contribution in [3.63, 3.8) is 0 Å². The van der Waals surface area contributed by atoms with Crippen LogP contribution in [0, 0.1) is 11.8 Å². The molecule has 4 heteroatoms. The molecule has 1 aliphatic heterocycles. The van der Waals surface area contributed by atoms with Crippen LogP contribution in [0.15, 0.2) is 18.5 Å². The average molecular weight is 276 g/mol. The largest absolute Gasteiger partial charge is 0.490 e. The molecule has 1 aromatic rings. The summed E-state index contributed by atoms with van der Waals surface area (Å²) in [5.41, 5.74) is 1.28. The molecule has 110 valence electrons. The second-order valence-corrected chi connectivity index (χ2v) is 6.11. The molecule has 1 saturated carbocycles. The fraction of sp³-hybridized carbons (Fsp3) is 0.688. The van der Waals surface area contributed by atoms with Crippen molar-refractivity contribution in [3.8, 4) is 5.75 Å². The molecule has 20 heavy (non-hydrogen) atoms. The van der Waals surface area contributed by atoms with Gasteiger partial charge in [0, 0.05) is 18.8 Å². The molecule has 4 nitrogen and oxygen atoms in total. The zero-order valence-corrected chi connectivity index (χ0v) is 11.9. The predicted octanol–water partition coefficient (Wildman–Crippen LogP) is 1.77. The minimum Gasteiger partial charge on any atom is -0.490 e. The topological polar surface area (TPSA) is 54.4 Å². The molecule has 0 bridgehead atoms. The smallest absolute Gasteiger partial charge is 0.137 e. The second-order valence-electron chi connectivity index (χ2n) is 6.11. The van der Waals surface area contributed by atoms with Gasteiger partial charge in [-0.2, -0.15) is 0 Å². The number of hydrogen-bond donors (Lipinski definition) is 2. The molecule has 0 radical (unpaired) electrons. The van der Waals surface area contributed by atoms with Crippen LogP contribution in [0.1, 0.15) is 31.2 Å². The fourth-order valence-corrected chi connectivity index (χ4v) is 2.91. The zero-order valence-electron chi connectivity index (χ0n) is 11.9. The van der Waals surface area contributed by atoms with E-state index in [1.807, 2.05) is 6.20 Å². The SMILES string of the molecule is OCCC[C@H]1C[C@H]1Cc1cncc(OC[C@@H]2CCN2)c1. The van der Waals surface area contributed by atoms with E-state index in [-0.39, 0.29) is 0 Å². The number of rotatable bonds is 8. The maximum atomic E-state index is 8.85. The molecule has 2 heterocycles. The Hall–Kier alpha value is -1.13. The predicted molar refractivity (Wildman–Crippen MR) is 77.8 cm³/mol. The third-order valence-electron chi connectivity index (χ3n) is 4.45. The normalized spacial score (nSPS) is 27.9. The fourth-order valence-electron chi connectivity index (χ4n) is 2.91. The number of ether oxygens (including phenoxy) is 1. The van der Waals surface area contributed by atoms with Gasteiger partial charge in [0.1, 0.15) is 12.4 Å². The Morgan fingerprint density at radius 2 is 2.25 bits per heavy atom. The van der Waals surface area contributed by atoms with Crippen molar-refractivity contribution in [2.45, 2.75) is 38.1 Å². The first-order valence-corrected chi connectivity index (χ1v) is 7.76. The van der Waals surface area contributed by atoms with Crippen molar-refractivity contribution in [3.05, 3.63) is 24.0 Å². The molecule has 2 aliphatic rings. The maximum absolute atomic E-state index is 8.85. The summed E-state index contributed by atoms with van der Waals surface area (Å²) in [7, 11) is 0. The second kappa shape index (κ2) is 6.55. The van der Waals surface area contributed by atoms with Gasteiger partial charge in [0.15, 0.2) is 0 Å². The van der Waals surface area contributed by atoms with Crippen LogP contribution in [0.4, 0.5) is 0 Å². The molecule has 1 saturated heterocycles. The number of pyridine rings is 1. The molecular weight excluding hydrogens is 252 g/mol. The van der Waals surface area contributed by atoms with Crippen LogP contribution in [0.25, 0.3) is 0 Å². The minimum absolute atomic E-state index is 0.323. The van der Waals surface area contributed by atoms with Gasteiger partial charge in [-0.3, -0.25) is 4.98 Å². The lowest BCUT2D eigenvalue weighted by atomic mass is 10.1. The zero-order chi connectivity index (χ0) is 13.8. The van der Waals surface area contributed by atoms with E-state index in [9.17, 15) is 0 Å². The molecule has 0 aromatic carbocycles. The summed E-state index contributed by atoms with van der Waals surface area (Å²) in [4.78, 5) is 4.29. The number of hydrogen-bond acceptors (Lipinski definition) is 4. The summed E-state index contributed by atoms with van der Waals surface area (Å²) in [6.07, 6.45) is 9.48. The van der Waals surface area contributed by atoms with Gasteiger partial charge in [-0.05, 0) is 62.1 Å². The Kier molecular flexibility index (Phi) is 4.53. The Morgan fingerprint density at radius 3 is 3.00 bits per heavy atom. The van der Waals surface area contributed by atoms with Crippen molar-refractivity contribution in [2.75, 3.05) is 19.8 Å². The van der Waals surface area contributed by atoms with Gasteiger partial charge in [0.05, 0.1) is 6.20 Å². The lowest BCUT2D eigenvalue weighted by molar-refractivity contribution is 0.216. The molecule has 0 unspecified atom stereocenters. The van der Waals surface area contributed by atoms with Gasteiger partial charge in [0.2, 0.25) is 0 Å². The van der Waals surface area contributed by atoms with Crippen LogP contribution >= 0.6 is 0 Å². The number of nitrogens with one attached hydrogen (secondary N) is 1. The number of nitrogens with zero attached hydrogens (tertiary/aromatic N) is 1. The van der Waals surface area contributed by atoms with Gasteiger partial charge in [-0.25, -0.2) is 0 Å². The third-order valence-corrected chi connectivity index (χ3v) is 4.45.